The molecule has 5 nitrogen and oxygen atoms in total. The van der Waals surface area contributed by atoms with Crippen molar-refractivity contribution >= 4 is 11.9 Å². The van der Waals surface area contributed by atoms with Crippen LogP contribution in [0.1, 0.15) is 32.3 Å². The summed E-state index contributed by atoms with van der Waals surface area (Å²) in [6, 6.07) is 3.76. The van der Waals surface area contributed by atoms with Crippen LogP contribution < -0.4 is 5.73 Å². The Balaban J connectivity index is 2.17. The SMILES string of the molecule is CCCC1(C)N=C(N)N(Cc2cccnc2)C1=O. The molecule has 0 aromatic carbocycles. The van der Waals surface area contributed by atoms with E-state index in [9.17, 15) is 4.79 Å². The van der Waals surface area contributed by atoms with Crippen molar-refractivity contribution in [2.75, 3.05) is 0 Å². The Hall–Kier alpha value is -1.91. The molecule has 0 spiro atoms. The summed E-state index contributed by atoms with van der Waals surface area (Å²) in [7, 11) is 0. The van der Waals surface area contributed by atoms with E-state index in [4.69, 9.17) is 5.73 Å². The molecule has 1 aromatic rings. The van der Waals surface area contributed by atoms with Crippen molar-refractivity contribution in [3.05, 3.63) is 30.1 Å². The smallest absolute Gasteiger partial charge is 0.257 e. The van der Waals surface area contributed by atoms with Gasteiger partial charge >= 0.3 is 0 Å². The number of rotatable bonds is 4. The second kappa shape index (κ2) is 4.76. The number of hydrogen-bond donors (Lipinski definition) is 1. The Labute approximate surface area is 107 Å². The minimum atomic E-state index is -0.693. The fourth-order valence-electron chi connectivity index (χ4n) is 2.23. The first-order chi connectivity index (χ1) is 8.57. The highest BCUT2D eigenvalue weighted by Crippen LogP contribution is 2.27. The molecule has 96 valence electrons. The van der Waals surface area contributed by atoms with Crippen molar-refractivity contribution in [1.82, 2.24) is 9.88 Å². The Bertz CT molecular complexity index is 471. The predicted octanol–water partition coefficient (Wildman–Crippen LogP) is 1.30. The zero-order chi connectivity index (χ0) is 13.2. The summed E-state index contributed by atoms with van der Waals surface area (Å²) in [6.07, 6.45) is 5.06. The lowest BCUT2D eigenvalue weighted by molar-refractivity contribution is -0.131. The molecule has 0 saturated carbocycles. The van der Waals surface area contributed by atoms with Gasteiger partial charge in [-0.3, -0.25) is 14.7 Å². The zero-order valence-electron chi connectivity index (χ0n) is 10.8. The molecule has 2 heterocycles. The molecule has 1 atom stereocenters. The van der Waals surface area contributed by atoms with Gasteiger partial charge < -0.3 is 5.73 Å². The molecule has 2 N–H and O–H groups in total. The summed E-state index contributed by atoms with van der Waals surface area (Å²) in [4.78, 5) is 22.2. The summed E-state index contributed by atoms with van der Waals surface area (Å²) >= 11 is 0. The number of amides is 1. The summed E-state index contributed by atoms with van der Waals surface area (Å²) in [5, 5.41) is 0. The molecule has 2 rings (SSSR count). The molecule has 0 bridgehead atoms. The maximum atomic E-state index is 12.3. The minimum absolute atomic E-state index is 0.0225. The fraction of sp³-hybridized carbons (Fsp3) is 0.462. The summed E-state index contributed by atoms with van der Waals surface area (Å²) in [5.41, 5.74) is 6.11. The van der Waals surface area contributed by atoms with E-state index in [1.807, 2.05) is 26.0 Å². The third-order valence-corrected chi connectivity index (χ3v) is 3.14. The number of nitrogens with two attached hydrogens (primary N) is 1. The molecule has 0 fully saturated rings. The van der Waals surface area contributed by atoms with Crippen LogP contribution >= 0.6 is 0 Å². The van der Waals surface area contributed by atoms with Crippen molar-refractivity contribution in [1.29, 1.82) is 0 Å². The van der Waals surface area contributed by atoms with E-state index in [2.05, 4.69) is 9.98 Å². The molecule has 1 aromatic heterocycles. The number of aliphatic imine (C=N–C) groups is 1. The van der Waals surface area contributed by atoms with Crippen LogP contribution in [0.5, 0.6) is 0 Å². The van der Waals surface area contributed by atoms with Crippen molar-refractivity contribution in [2.24, 2.45) is 10.7 Å². The maximum Gasteiger partial charge on any atom is 0.257 e. The highest BCUT2D eigenvalue weighted by atomic mass is 16.2. The van der Waals surface area contributed by atoms with Gasteiger partial charge in [-0.25, -0.2) is 4.99 Å². The molecule has 0 radical (unpaired) electrons. The van der Waals surface area contributed by atoms with Gasteiger partial charge in [0.1, 0.15) is 5.54 Å². The van der Waals surface area contributed by atoms with Gasteiger partial charge in [-0.05, 0) is 25.0 Å². The van der Waals surface area contributed by atoms with Crippen LogP contribution in [0.4, 0.5) is 0 Å². The molecule has 1 aliphatic rings. The van der Waals surface area contributed by atoms with Crippen LogP contribution in [0.2, 0.25) is 0 Å². The molecular weight excluding hydrogens is 228 g/mol. The average Bonchev–Trinajstić information content (AvgIpc) is 2.55. The van der Waals surface area contributed by atoms with Crippen molar-refractivity contribution in [3.63, 3.8) is 0 Å². The normalized spacial score (nSPS) is 23.3. The molecule has 1 amide bonds. The highest BCUT2D eigenvalue weighted by Gasteiger charge is 2.42. The monoisotopic (exact) mass is 246 g/mol. The zero-order valence-corrected chi connectivity index (χ0v) is 10.8. The van der Waals surface area contributed by atoms with Gasteiger partial charge in [0, 0.05) is 12.4 Å². The van der Waals surface area contributed by atoms with Gasteiger partial charge in [0.15, 0.2) is 5.96 Å². The number of aromatic nitrogens is 1. The predicted molar refractivity (Wildman–Crippen MR) is 69.7 cm³/mol. The molecule has 18 heavy (non-hydrogen) atoms. The van der Waals surface area contributed by atoms with Gasteiger partial charge in [-0.2, -0.15) is 0 Å². The van der Waals surface area contributed by atoms with E-state index >= 15 is 0 Å². The van der Waals surface area contributed by atoms with Crippen molar-refractivity contribution < 1.29 is 4.79 Å². The molecule has 0 saturated heterocycles. The van der Waals surface area contributed by atoms with Crippen LogP contribution in [0.15, 0.2) is 29.5 Å². The molecule has 1 unspecified atom stereocenters. The van der Waals surface area contributed by atoms with Gasteiger partial charge in [0.25, 0.3) is 5.91 Å². The Kier molecular flexibility index (Phi) is 3.32. The molecule has 1 aliphatic heterocycles. The Morgan fingerprint density at radius 3 is 2.89 bits per heavy atom. The van der Waals surface area contributed by atoms with E-state index < -0.39 is 5.54 Å². The van der Waals surface area contributed by atoms with Crippen LogP contribution in [0.3, 0.4) is 0 Å². The van der Waals surface area contributed by atoms with E-state index in [-0.39, 0.29) is 5.91 Å². The van der Waals surface area contributed by atoms with Gasteiger partial charge in [-0.15, -0.1) is 0 Å². The number of nitrogens with zero attached hydrogens (tertiary/aromatic N) is 3. The largest absolute Gasteiger partial charge is 0.369 e. The van der Waals surface area contributed by atoms with Gasteiger partial charge in [-0.1, -0.05) is 19.4 Å². The second-order valence-corrected chi connectivity index (χ2v) is 4.75. The van der Waals surface area contributed by atoms with Crippen molar-refractivity contribution in [2.45, 2.75) is 38.8 Å². The van der Waals surface area contributed by atoms with E-state index in [0.717, 1.165) is 18.4 Å². The lowest BCUT2D eigenvalue weighted by Gasteiger charge is -2.21. The highest BCUT2D eigenvalue weighted by molar-refractivity contribution is 6.06. The second-order valence-electron chi connectivity index (χ2n) is 4.75. The fourth-order valence-corrected chi connectivity index (χ4v) is 2.23. The summed E-state index contributed by atoms with van der Waals surface area (Å²) in [6.45, 7) is 4.31. The summed E-state index contributed by atoms with van der Waals surface area (Å²) in [5.74, 6) is 0.283. The Morgan fingerprint density at radius 2 is 2.28 bits per heavy atom. The number of carbonyl (C=O) groups is 1. The Morgan fingerprint density at radius 1 is 1.50 bits per heavy atom. The minimum Gasteiger partial charge on any atom is -0.369 e. The van der Waals surface area contributed by atoms with Gasteiger partial charge in [0.2, 0.25) is 0 Å². The van der Waals surface area contributed by atoms with Crippen LogP contribution in [0, 0.1) is 0 Å². The number of guanidine groups is 1. The van der Waals surface area contributed by atoms with Crippen LogP contribution in [-0.2, 0) is 11.3 Å². The van der Waals surface area contributed by atoms with Crippen LogP contribution in [0.25, 0.3) is 0 Å². The third-order valence-electron chi connectivity index (χ3n) is 3.14. The third kappa shape index (κ3) is 2.20. The van der Waals surface area contributed by atoms with Crippen LogP contribution in [-0.4, -0.2) is 27.3 Å². The topological polar surface area (TPSA) is 71.6 Å². The van der Waals surface area contributed by atoms with E-state index in [1.165, 1.54) is 4.90 Å². The standard InChI is InChI=1S/C13H18N4O/c1-3-6-13(2)11(18)17(12(14)16-13)9-10-5-4-7-15-8-10/h4-5,7-8H,3,6,9H2,1-2H3,(H2,14,16). The quantitative estimate of drug-likeness (QED) is 0.870. The lowest BCUT2D eigenvalue weighted by Crippen LogP contribution is -2.42. The maximum absolute atomic E-state index is 12.3. The first-order valence-electron chi connectivity index (χ1n) is 6.13. The average molecular weight is 246 g/mol. The summed E-state index contributed by atoms with van der Waals surface area (Å²) < 4.78 is 0. The van der Waals surface area contributed by atoms with E-state index in [1.54, 1.807) is 12.4 Å². The number of pyridine rings is 1. The van der Waals surface area contributed by atoms with Crippen molar-refractivity contribution in [3.8, 4) is 0 Å². The molecule has 0 aliphatic carbocycles. The number of hydrogen-bond acceptors (Lipinski definition) is 4. The first kappa shape index (κ1) is 12.5. The lowest BCUT2D eigenvalue weighted by atomic mass is 9.96. The van der Waals surface area contributed by atoms with Gasteiger partial charge in [0.05, 0.1) is 6.54 Å². The molecular formula is C13H18N4O. The van der Waals surface area contributed by atoms with E-state index in [0.29, 0.717) is 12.5 Å². The molecule has 5 heteroatoms. The number of carbonyl (C=O) groups excluding carboxylic acids is 1. The first-order valence-corrected chi connectivity index (χ1v) is 6.13.